The quantitative estimate of drug-likeness (QED) is 0.619. The van der Waals surface area contributed by atoms with Crippen molar-refractivity contribution in [2.45, 2.75) is 44.2 Å². The van der Waals surface area contributed by atoms with Crippen molar-refractivity contribution in [2.24, 2.45) is 0 Å². The fourth-order valence-corrected chi connectivity index (χ4v) is 4.61. The number of likely N-dealkylation sites (tertiary alicyclic amines) is 1. The van der Waals surface area contributed by atoms with E-state index in [4.69, 9.17) is 0 Å². The maximum Gasteiger partial charge on any atom is 0.253 e. The van der Waals surface area contributed by atoms with Crippen molar-refractivity contribution in [3.63, 3.8) is 0 Å². The fraction of sp³-hybridized carbons (Fsp3) is 0.348. The highest BCUT2D eigenvalue weighted by atomic mass is 32.2. The van der Waals surface area contributed by atoms with Gasteiger partial charge in [0.15, 0.2) is 5.78 Å². The molecule has 8 nitrogen and oxygen atoms in total. The minimum Gasteiger partial charge on any atom is -0.353 e. The third-order valence-corrected chi connectivity index (χ3v) is 6.85. The SMILES string of the molecule is CC(=O)NC1CCN(C(=O)c2ccc(CNS(=O)(=O)c3ccc(C(C)=O)cc3)cc2)CC1. The summed E-state index contributed by atoms with van der Waals surface area (Å²) in [6.07, 6.45) is 1.44. The molecule has 1 saturated heterocycles. The molecule has 2 N–H and O–H groups in total. The van der Waals surface area contributed by atoms with Gasteiger partial charge in [-0.15, -0.1) is 0 Å². The van der Waals surface area contributed by atoms with Crippen LogP contribution in [0.25, 0.3) is 0 Å². The number of carbonyl (C=O) groups is 3. The van der Waals surface area contributed by atoms with Gasteiger partial charge in [-0.25, -0.2) is 13.1 Å². The third-order valence-electron chi connectivity index (χ3n) is 5.43. The molecular formula is C23H27N3O5S. The Kier molecular flexibility index (Phi) is 7.42. The van der Waals surface area contributed by atoms with Gasteiger partial charge in [0, 0.05) is 43.7 Å². The lowest BCUT2D eigenvalue weighted by molar-refractivity contribution is -0.119. The number of benzene rings is 2. The monoisotopic (exact) mass is 457 g/mol. The lowest BCUT2D eigenvalue weighted by Gasteiger charge is -2.32. The highest BCUT2D eigenvalue weighted by Crippen LogP contribution is 2.16. The first-order valence-corrected chi connectivity index (χ1v) is 11.9. The van der Waals surface area contributed by atoms with Gasteiger partial charge < -0.3 is 10.2 Å². The van der Waals surface area contributed by atoms with Crippen LogP contribution in [0.15, 0.2) is 53.4 Å². The van der Waals surface area contributed by atoms with Crippen LogP contribution >= 0.6 is 0 Å². The summed E-state index contributed by atoms with van der Waals surface area (Å²) >= 11 is 0. The van der Waals surface area contributed by atoms with E-state index in [0.29, 0.717) is 24.2 Å². The zero-order valence-corrected chi connectivity index (χ0v) is 18.9. The van der Waals surface area contributed by atoms with Gasteiger partial charge in [-0.2, -0.15) is 0 Å². The van der Waals surface area contributed by atoms with Crippen LogP contribution in [0.1, 0.15) is 53.0 Å². The van der Waals surface area contributed by atoms with Crippen molar-refractivity contribution < 1.29 is 22.8 Å². The molecule has 2 aromatic carbocycles. The van der Waals surface area contributed by atoms with Crippen LogP contribution < -0.4 is 10.0 Å². The van der Waals surface area contributed by atoms with Crippen LogP contribution in [-0.4, -0.2) is 50.0 Å². The smallest absolute Gasteiger partial charge is 0.253 e. The summed E-state index contributed by atoms with van der Waals surface area (Å²) in [5, 5.41) is 2.89. The molecule has 0 unspecified atom stereocenters. The summed E-state index contributed by atoms with van der Waals surface area (Å²) < 4.78 is 27.5. The fourth-order valence-electron chi connectivity index (χ4n) is 3.59. The maximum absolute atomic E-state index is 12.7. The van der Waals surface area contributed by atoms with E-state index in [1.165, 1.54) is 38.1 Å². The van der Waals surface area contributed by atoms with E-state index >= 15 is 0 Å². The van der Waals surface area contributed by atoms with Gasteiger partial charge in [-0.1, -0.05) is 24.3 Å². The van der Waals surface area contributed by atoms with Gasteiger partial charge in [0.25, 0.3) is 5.91 Å². The molecule has 0 radical (unpaired) electrons. The van der Waals surface area contributed by atoms with Crippen molar-refractivity contribution in [3.05, 3.63) is 65.2 Å². The number of hydrogen-bond acceptors (Lipinski definition) is 5. The number of ketones is 1. The molecule has 0 aromatic heterocycles. The average Bonchev–Trinajstić information content (AvgIpc) is 2.78. The van der Waals surface area contributed by atoms with Gasteiger partial charge in [0.05, 0.1) is 4.90 Å². The first kappa shape index (κ1) is 23.6. The van der Waals surface area contributed by atoms with Gasteiger partial charge in [0.2, 0.25) is 15.9 Å². The normalized spacial score (nSPS) is 14.8. The molecule has 2 amide bonds. The van der Waals surface area contributed by atoms with Crippen LogP contribution in [0.4, 0.5) is 0 Å². The van der Waals surface area contributed by atoms with E-state index in [0.717, 1.165) is 18.4 Å². The average molecular weight is 458 g/mol. The Morgan fingerprint density at radius 1 is 0.906 bits per heavy atom. The number of nitrogens with one attached hydrogen (secondary N) is 2. The number of Topliss-reactive ketones (excluding diaryl/α,β-unsaturated/α-hetero) is 1. The zero-order chi connectivity index (χ0) is 23.3. The second-order valence-electron chi connectivity index (χ2n) is 7.87. The first-order chi connectivity index (χ1) is 15.2. The summed E-state index contributed by atoms with van der Waals surface area (Å²) in [6, 6.07) is 12.7. The van der Waals surface area contributed by atoms with Gasteiger partial charge >= 0.3 is 0 Å². The maximum atomic E-state index is 12.7. The minimum atomic E-state index is -3.72. The first-order valence-electron chi connectivity index (χ1n) is 10.4. The lowest BCUT2D eigenvalue weighted by atomic mass is 10.0. The molecule has 170 valence electrons. The lowest BCUT2D eigenvalue weighted by Crippen LogP contribution is -2.46. The number of piperidine rings is 1. The van der Waals surface area contributed by atoms with Crippen LogP contribution in [0.3, 0.4) is 0 Å². The van der Waals surface area contributed by atoms with Gasteiger partial charge in [-0.3, -0.25) is 14.4 Å². The Balaban J connectivity index is 1.56. The Bertz CT molecular complexity index is 1090. The Morgan fingerprint density at radius 2 is 1.47 bits per heavy atom. The Morgan fingerprint density at radius 3 is 2.00 bits per heavy atom. The van der Waals surface area contributed by atoms with Crippen molar-refractivity contribution in [2.75, 3.05) is 13.1 Å². The molecule has 3 rings (SSSR count). The van der Waals surface area contributed by atoms with Crippen LogP contribution in [-0.2, 0) is 21.4 Å². The van der Waals surface area contributed by atoms with Crippen molar-refractivity contribution in [3.8, 4) is 0 Å². The topological polar surface area (TPSA) is 113 Å². The van der Waals surface area contributed by atoms with E-state index in [1.807, 2.05) is 0 Å². The summed E-state index contributed by atoms with van der Waals surface area (Å²) in [6.45, 7) is 4.14. The minimum absolute atomic E-state index is 0.0611. The molecule has 0 bridgehead atoms. The molecule has 0 spiro atoms. The van der Waals surface area contributed by atoms with E-state index in [2.05, 4.69) is 10.0 Å². The molecule has 0 saturated carbocycles. The van der Waals surface area contributed by atoms with E-state index in [9.17, 15) is 22.8 Å². The Hall–Kier alpha value is -3.04. The van der Waals surface area contributed by atoms with E-state index in [-0.39, 0.29) is 35.1 Å². The van der Waals surface area contributed by atoms with Crippen molar-refractivity contribution in [1.29, 1.82) is 0 Å². The number of hydrogen-bond donors (Lipinski definition) is 2. The molecule has 1 fully saturated rings. The molecule has 9 heteroatoms. The number of rotatable bonds is 7. The second kappa shape index (κ2) is 10.1. The van der Waals surface area contributed by atoms with E-state index in [1.54, 1.807) is 29.2 Å². The van der Waals surface area contributed by atoms with Crippen LogP contribution in [0.2, 0.25) is 0 Å². The molecule has 1 aliphatic heterocycles. The highest BCUT2D eigenvalue weighted by molar-refractivity contribution is 7.89. The van der Waals surface area contributed by atoms with Crippen molar-refractivity contribution >= 4 is 27.6 Å². The predicted molar refractivity (Wildman–Crippen MR) is 120 cm³/mol. The largest absolute Gasteiger partial charge is 0.353 e. The molecule has 0 aliphatic carbocycles. The molecule has 32 heavy (non-hydrogen) atoms. The number of amides is 2. The number of sulfonamides is 1. The standard InChI is InChI=1S/C23H27N3O5S/c1-16(27)19-7-9-22(10-8-19)32(30,31)24-15-18-3-5-20(6-4-18)23(29)26-13-11-21(12-14-26)25-17(2)28/h3-10,21,24H,11-15H2,1-2H3,(H,25,28). The number of carbonyl (C=O) groups excluding carboxylic acids is 3. The highest BCUT2D eigenvalue weighted by Gasteiger charge is 2.24. The summed E-state index contributed by atoms with van der Waals surface area (Å²) in [4.78, 5) is 37.1. The Labute approximate surface area is 188 Å². The summed E-state index contributed by atoms with van der Waals surface area (Å²) in [5.41, 5.74) is 1.70. The molecule has 1 heterocycles. The predicted octanol–water partition coefficient (Wildman–Crippen LogP) is 2.11. The zero-order valence-electron chi connectivity index (χ0n) is 18.1. The van der Waals surface area contributed by atoms with Gasteiger partial charge in [0.1, 0.15) is 0 Å². The van der Waals surface area contributed by atoms with E-state index < -0.39 is 10.0 Å². The molecule has 2 aromatic rings. The summed E-state index contributed by atoms with van der Waals surface area (Å²) in [7, 11) is -3.72. The van der Waals surface area contributed by atoms with Crippen molar-refractivity contribution in [1.82, 2.24) is 14.9 Å². The number of nitrogens with zero attached hydrogens (tertiary/aromatic N) is 1. The molecule has 0 atom stereocenters. The summed E-state index contributed by atoms with van der Waals surface area (Å²) in [5.74, 6) is -0.272. The van der Waals surface area contributed by atoms with Crippen LogP contribution in [0, 0.1) is 0 Å². The van der Waals surface area contributed by atoms with Gasteiger partial charge in [-0.05, 0) is 49.6 Å². The second-order valence-corrected chi connectivity index (χ2v) is 9.64. The third kappa shape index (κ3) is 6.02. The molecule has 1 aliphatic rings. The molecular weight excluding hydrogens is 430 g/mol. The van der Waals surface area contributed by atoms with Crippen LogP contribution in [0.5, 0.6) is 0 Å².